The molecular formula is C19H22N2O5. The lowest BCUT2D eigenvalue weighted by molar-refractivity contribution is -0.130. The van der Waals surface area contributed by atoms with Gasteiger partial charge in [0.2, 0.25) is 5.91 Å². The maximum Gasteiger partial charge on any atom is 0.339 e. The van der Waals surface area contributed by atoms with E-state index in [1.807, 2.05) is 12.1 Å². The van der Waals surface area contributed by atoms with Crippen LogP contribution in [0.4, 0.5) is 0 Å². The van der Waals surface area contributed by atoms with Crippen molar-refractivity contribution in [3.05, 3.63) is 42.0 Å². The summed E-state index contributed by atoms with van der Waals surface area (Å²) in [5, 5.41) is 6.53. The zero-order chi connectivity index (χ0) is 19.1. The third-order valence-corrected chi connectivity index (χ3v) is 3.78. The molecule has 7 nitrogen and oxygen atoms in total. The first-order chi connectivity index (χ1) is 12.5. The molecule has 0 saturated heterocycles. The van der Waals surface area contributed by atoms with Crippen molar-refractivity contribution < 1.29 is 23.9 Å². The number of carbonyl (C=O) groups is 3. The largest absolute Gasteiger partial charge is 0.496 e. The van der Waals surface area contributed by atoms with Gasteiger partial charge < -0.3 is 20.1 Å². The van der Waals surface area contributed by atoms with Crippen molar-refractivity contribution in [3.63, 3.8) is 0 Å². The quantitative estimate of drug-likeness (QED) is 0.734. The van der Waals surface area contributed by atoms with Gasteiger partial charge in [-0.3, -0.25) is 9.59 Å². The number of benzene rings is 2. The van der Waals surface area contributed by atoms with E-state index in [9.17, 15) is 14.4 Å². The molecule has 2 amide bonds. The molecule has 2 aromatic carbocycles. The monoisotopic (exact) mass is 358 g/mol. The molecular weight excluding hydrogens is 336 g/mol. The Morgan fingerprint density at radius 2 is 1.77 bits per heavy atom. The highest BCUT2D eigenvalue weighted by Crippen LogP contribution is 2.28. The fraction of sp³-hybridized carbons (Fsp3) is 0.316. The van der Waals surface area contributed by atoms with Gasteiger partial charge in [0.25, 0.3) is 5.91 Å². The summed E-state index contributed by atoms with van der Waals surface area (Å²) in [4.78, 5) is 35.8. The van der Waals surface area contributed by atoms with E-state index in [0.29, 0.717) is 23.2 Å². The molecule has 2 N–H and O–H groups in total. The lowest BCUT2D eigenvalue weighted by atomic mass is 10.0. The van der Waals surface area contributed by atoms with Gasteiger partial charge in [0.15, 0.2) is 6.61 Å². The number of fused-ring (bicyclic) bond motifs is 1. The van der Waals surface area contributed by atoms with Gasteiger partial charge in [-0.2, -0.15) is 0 Å². The van der Waals surface area contributed by atoms with Crippen molar-refractivity contribution in [2.75, 3.05) is 20.3 Å². The minimum Gasteiger partial charge on any atom is -0.496 e. The molecule has 0 bridgehead atoms. The Bertz CT molecular complexity index is 819. The number of rotatable bonds is 7. The number of hydrogen-bond donors (Lipinski definition) is 2. The number of methoxy groups -OCH3 is 1. The zero-order valence-corrected chi connectivity index (χ0v) is 15.0. The van der Waals surface area contributed by atoms with Crippen LogP contribution in [-0.2, 0) is 14.3 Å². The predicted molar refractivity (Wildman–Crippen MR) is 97.1 cm³/mol. The van der Waals surface area contributed by atoms with Gasteiger partial charge in [0.1, 0.15) is 11.8 Å². The van der Waals surface area contributed by atoms with Gasteiger partial charge >= 0.3 is 5.97 Å². The molecule has 0 aliphatic heterocycles. The van der Waals surface area contributed by atoms with Gasteiger partial charge in [-0.05, 0) is 31.4 Å². The topological polar surface area (TPSA) is 93.7 Å². The molecule has 0 fully saturated rings. The maximum atomic E-state index is 12.4. The smallest absolute Gasteiger partial charge is 0.339 e. The number of esters is 1. The summed E-state index contributed by atoms with van der Waals surface area (Å²) in [6, 6.07) is 9.84. The first-order valence-electron chi connectivity index (χ1n) is 8.27. The maximum absolute atomic E-state index is 12.4. The molecule has 0 saturated carbocycles. The summed E-state index contributed by atoms with van der Waals surface area (Å²) in [7, 11) is 1.56. The number of nitrogens with one attached hydrogen (secondary N) is 2. The van der Waals surface area contributed by atoms with Crippen molar-refractivity contribution >= 4 is 28.6 Å². The molecule has 138 valence electrons. The van der Waals surface area contributed by atoms with Crippen LogP contribution in [-0.4, -0.2) is 44.1 Å². The number of amides is 2. The highest BCUT2D eigenvalue weighted by Gasteiger charge is 2.18. The van der Waals surface area contributed by atoms with E-state index < -0.39 is 24.5 Å². The second-order valence-electron chi connectivity index (χ2n) is 5.62. The first kappa shape index (κ1) is 19.2. The normalized spacial score (nSPS) is 11.5. The summed E-state index contributed by atoms with van der Waals surface area (Å²) < 4.78 is 10.4. The minimum absolute atomic E-state index is 0.298. The van der Waals surface area contributed by atoms with Gasteiger partial charge in [0.05, 0.1) is 12.7 Å². The number of carbonyl (C=O) groups excluding carboxylic acids is 3. The van der Waals surface area contributed by atoms with Crippen LogP contribution in [0.5, 0.6) is 5.75 Å². The van der Waals surface area contributed by atoms with Gasteiger partial charge in [-0.15, -0.1) is 0 Å². The van der Waals surface area contributed by atoms with Crippen molar-refractivity contribution in [2.45, 2.75) is 19.9 Å². The van der Waals surface area contributed by atoms with E-state index in [2.05, 4.69) is 10.6 Å². The fourth-order valence-corrected chi connectivity index (χ4v) is 2.51. The molecule has 1 atom stereocenters. The minimum atomic E-state index is -0.706. The lowest BCUT2D eigenvalue weighted by Gasteiger charge is -2.14. The van der Waals surface area contributed by atoms with Gasteiger partial charge in [-0.25, -0.2) is 4.79 Å². The molecule has 0 spiro atoms. The summed E-state index contributed by atoms with van der Waals surface area (Å²) in [6.45, 7) is 3.34. The van der Waals surface area contributed by atoms with E-state index in [0.717, 1.165) is 5.39 Å². The van der Waals surface area contributed by atoms with E-state index >= 15 is 0 Å². The Labute approximate surface area is 151 Å². The Hall–Kier alpha value is -3.09. The van der Waals surface area contributed by atoms with E-state index in [-0.39, 0.29) is 5.91 Å². The molecule has 0 unspecified atom stereocenters. The van der Waals surface area contributed by atoms with Crippen LogP contribution in [0.25, 0.3) is 10.8 Å². The van der Waals surface area contributed by atoms with Crippen LogP contribution in [0, 0.1) is 0 Å². The molecule has 2 rings (SSSR count). The van der Waals surface area contributed by atoms with Crippen molar-refractivity contribution in [1.29, 1.82) is 0 Å². The van der Waals surface area contributed by atoms with Gasteiger partial charge in [0, 0.05) is 11.9 Å². The number of likely N-dealkylation sites (N-methyl/N-ethyl adjacent to an activating group) is 1. The van der Waals surface area contributed by atoms with E-state index in [1.165, 1.54) is 0 Å². The van der Waals surface area contributed by atoms with Crippen LogP contribution < -0.4 is 15.4 Å². The molecule has 26 heavy (non-hydrogen) atoms. The zero-order valence-electron chi connectivity index (χ0n) is 15.0. The molecule has 0 aliphatic rings. The predicted octanol–water partition coefficient (Wildman–Crippen LogP) is 1.65. The second kappa shape index (κ2) is 8.84. The third-order valence-electron chi connectivity index (χ3n) is 3.78. The van der Waals surface area contributed by atoms with Crippen molar-refractivity contribution in [1.82, 2.24) is 10.6 Å². The Kier molecular flexibility index (Phi) is 6.54. The molecule has 0 radical (unpaired) electrons. The van der Waals surface area contributed by atoms with E-state index in [4.69, 9.17) is 9.47 Å². The Balaban J connectivity index is 2.04. The van der Waals surface area contributed by atoms with Crippen molar-refractivity contribution in [2.24, 2.45) is 0 Å². The van der Waals surface area contributed by atoms with Crippen LogP contribution in [0.1, 0.15) is 24.2 Å². The van der Waals surface area contributed by atoms with Crippen LogP contribution >= 0.6 is 0 Å². The standard InChI is InChI=1S/C19H22N2O5/c1-4-20-18(23)12(2)21-17(22)11-26-19(24)15-9-10-16(25-3)14-8-6-5-7-13(14)15/h5-10,12H,4,11H2,1-3H3,(H,20,23)(H,21,22)/t12-/m0/s1. The lowest BCUT2D eigenvalue weighted by Crippen LogP contribution is -2.46. The van der Waals surface area contributed by atoms with Crippen molar-refractivity contribution in [3.8, 4) is 5.75 Å². The molecule has 0 aliphatic carbocycles. The molecule has 2 aromatic rings. The van der Waals surface area contributed by atoms with Crippen LogP contribution in [0.2, 0.25) is 0 Å². The van der Waals surface area contributed by atoms with Crippen LogP contribution in [0.3, 0.4) is 0 Å². The summed E-state index contributed by atoms with van der Waals surface area (Å²) in [5.41, 5.74) is 0.339. The number of ether oxygens (including phenoxy) is 2. The van der Waals surface area contributed by atoms with Crippen LogP contribution in [0.15, 0.2) is 36.4 Å². The SMILES string of the molecule is CCNC(=O)[C@H](C)NC(=O)COC(=O)c1ccc(OC)c2ccccc12. The summed E-state index contributed by atoms with van der Waals surface area (Å²) in [6.07, 6.45) is 0. The molecule has 0 aromatic heterocycles. The molecule has 7 heteroatoms. The Morgan fingerprint density at radius 1 is 1.08 bits per heavy atom. The summed E-state index contributed by atoms with van der Waals surface area (Å²) in [5.74, 6) is -0.821. The van der Waals surface area contributed by atoms with E-state index in [1.54, 1.807) is 45.2 Å². The number of hydrogen-bond acceptors (Lipinski definition) is 5. The highest BCUT2D eigenvalue weighted by atomic mass is 16.5. The molecule has 0 heterocycles. The fourth-order valence-electron chi connectivity index (χ4n) is 2.51. The average Bonchev–Trinajstić information content (AvgIpc) is 2.65. The first-order valence-corrected chi connectivity index (χ1v) is 8.27. The third kappa shape index (κ3) is 4.50. The average molecular weight is 358 g/mol. The second-order valence-corrected chi connectivity index (χ2v) is 5.62. The Morgan fingerprint density at radius 3 is 2.42 bits per heavy atom. The highest BCUT2D eigenvalue weighted by molar-refractivity contribution is 6.06. The van der Waals surface area contributed by atoms with Gasteiger partial charge in [-0.1, -0.05) is 24.3 Å². The summed E-state index contributed by atoms with van der Waals surface area (Å²) >= 11 is 0.